The van der Waals surface area contributed by atoms with E-state index in [4.69, 9.17) is 4.74 Å². The fourth-order valence-electron chi connectivity index (χ4n) is 6.03. The van der Waals surface area contributed by atoms with Crippen molar-refractivity contribution in [2.24, 2.45) is 5.92 Å². The number of carbonyl (C=O) groups is 2. The lowest BCUT2D eigenvalue weighted by atomic mass is 9.89. The summed E-state index contributed by atoms with van der Waals surface area (Å²) in [5.41, 5.74) is -7.52. The van der Waals surface area contributed by atoms with E-state index in [1.54, 1.807) is 32.7 Å². The minimum Gasteiger partial charge on any atom is -0.466 e. The monoisotopic (exact) mass is 763 g/mol. The molecule has 1 aromatic heterocycles. The van der Waals surface area contributed by atoms with Gasteiger partial charge in [-0.1, -0.05) is 26.8 Å². The lowest BCUT2D eigenvalue weighted by molar-refractivity contribution is -0.144. The first-order valence-corrected chi connectivity index (χ1v) is 16.8. The summed E-state index contributed by atoms with van der Waals surface area (Å²) in [6, 6.07) is -1.16. The van der Waals surface area contributed by atoms with Crippen molar-refractivity contribution in [2.75, 3.05) is 26.7 Å². The van der Waals surface area contributed by atoms with Crippen molar-refractivity contribution in [3.05, 3.63) is 91.6 Å². The van der Waals surface area contributed by atoms with Crippen LogP contribution in [-0.2, 0) is 33.1 Å². The third-order valence-corrected chi connectivity index (χ3v) is 8.86. The molecule has 53 heavy (non-hydrogen) atoms. The number of rotatable bonds is 14. The summed E-state index contributed by atoms with van der Waals surface area (Å²) in [6.07, 6.45) is -11.0. The first-order chi connectivity index (χ1) is 24.5. The summed E-state index contributed by atoms with van der Waals surface area (Å²) in [4.78, 5) is 41.8. The molecule has 0 fully saturated rings. The van der Waals surface area contributed by atoms with E-state index < -0.39 is 93.9 Å². The van der Waals surface area contributed by atoms with Crippen LogP contribution in [-0.4, -0.2) is 48.1 Å². The van der Waals surface area contributed by atoms with Gasteiger partial charge in [0.15, 0.2) is 0 Å². The summed E-state index contributed by atoms with van der Waals surface area (Å²) in [5, 5.41) is 2.21. The molecule has 0 radical (unpaired) electrons. The number of pyridine rings is 1. The number of alkyl halides is 6. The maximum Gasteiger partial charge on any atom is 0.419 e. The Morgan fingerprint density at radius 1 is 0.943 bits per heavy atom. The Balaban J connectivity index is 2.32. The maximum atomic E-state index is 16.6. The van der Waals surface area contributed by atoms with Crippen LogP contribution >= 0.6 is 0 Å². The van der Waals surface area contributed by atoms with Gasteiger partial charge in [0.2, 0.25) is 5.91 Å². The van der Waals surface area contributed by atoms with Crippen molar-refractivity contribution in [2.45, 2.75) is 85.2 Å². The molecule has 1 heterocycles. The van der Waals surface area contributed by atoms with Gasteiger partial charge in [0.05, 0.1) is 30.2 Å². The highest BCUT2D eigenvalue weighted by Crippen LogP contribution is 2.42. The molecule has 7 nitrogen and oxygen atoms in total. The van der Waals surface area contributed by atoms with Gasteiger partial charge in [-0.05, 0) is 87.5 Å². The smallest absolute Gasteiger partial charge is 0.419 e. The van der Waals surface area contributed by atoms with E-state index in [-0.39, 0.29) is 54.3 Å². The van der Waals surface area contributed by atoms with Crippen LogP contribution in [0.25, 0.3) is 11.1 Å². The summed E-state index contributed by atoms with van der Waals surface area (Å²) in [5.74, 6) is -7.55. The van der Waals surface area contributed by atoms with Crippen molar-refractivity contribution < 1.29 is 53.8 Å². The largest absolute Gasteiger partial charge is 0.466 e. The summed E-state index contributed by atoms with van der Waals surface area (Å²) in [6.45, 7) is 9.31. The topological polar surface area (TPSA) is 80.6 Å². The van der Waals surface area contributed by atoms with Gasteiger partial charge in [0.1, 0.15) is 23.5 Å². The molecule has 3 aromatic rings. The number of benzene rings is 2. The fourth-order valence-corrected chi connectivity index (χ4v) is 6.03. The van der Waals surface area contributed by atoms with E-state index in [9.17, 15) is 45.1 Å². The molecule has 3 rings (SSSR count). The number of halogens is 9. The number of hydrogen-bond acceptors (Lipinski definition) is 5. The molecule has 292 valence electrons. The van der Waals surface area contributed by atoms with Crippen LogP contribution in [0.4, 0.5) is 39.5 Å². The van der Waals surface area contributed by atoms with E-state index in [2.05, 4.69) is 5.32 Å². The summed E-state index contributed by atoms with van der Waals surface area (Å²) >= 11 is 0. The number of ether oxygens (including phenoxy) is 1. The van der Waals surface area contributed by atoms with Crippen LogP contribution < -0.4 is 10.9 Å². The second-order valence-electron chi connectivity index (χ2n) is 13.2. The average molecular weight is 764 g/mol. The number of hydrogen-bond donors (Lipinski definition) is 1. The molecular weight excluding hydrogens is 721 g/mol. The second kappa shape index (κ2) is 17.2. The van der Waals surface area contributed by atoms with Gasteiger partial charge >= 0.3 is 18.3 Å². The fraction of sp³-hybridized carbons (Fsp3) is 0.486. The Kier molecular flexibility index (Phi) is 14.0. The number of esters is 1. The third kappa shape index (κ3) is 10.2. The molecule has 0 aliphatic carbocycles. The van der Waals surface area contributed by atoms with E-state index in [1.165, 1.54) is 26.8 Å². The zero-order valence-electron chi connectivity index (χ0n) is 30.3. The van der Waals surface area contributed by atoms with Crippen molar-refractivity contribution in [1.82, 2.24) is 14.8 Å². The van der Waals surface area contributed by atoms with Gasteiger partial charge in [-0.3, -0.25) is 14.4 Å². The molecule has 0 saturated carbocycles. The van der Waals surface area contributed by atoms with Crippen LogP contribution in [0, 0.1) is 37.2 Å². The molecule has 1 unspecified atom stereocenters. The standard InChI is InChI=1S/C37H42F9N3O4/c1-8-48(7)13-12-22-18-49(29(50)16-24(22)36(41,42)43)28(14-19(3)4)35(52)47-27(17-30(51)53-9-2)32-33(39)23(15-25(34(32)40)37(44,45)46)31-20(5)10-11-26(38)21(31)6/h10-11,15-16,18-19,27-28H,8-9,12-14,17H2,1-7H3,(H,47,52)/t27-,28?/m0/s1. The van der Waals surface area contributed by atoms with Gasteiger partial charge in [-0.2, -0.15) is 26.3 Å². The molecule has 1 amide bonds. The van der Waals surface area contributed by atoms with Crippen molar-refractivity contribution in [3.8, 4) is 11.1 Å². The molecule has 1 N–H and O–H groups in total. The molecule has 0 bridgehead atoms. The normalized spacial score (nSPS) is 13.4. The second-order valence-corrected chi connectivity index (χ2v) is 13.2. The Bertz CT molecular complexity index is 1870. The predicted molar refractivity (Wildman–Crippen MR) is 179 cm³/mol. The Labute approximate surface area is 301 Å². The Morgan fingerprint density at radius 3 is 2.11 bits per heavy atom. The number of nitrogens with one attached hydrogen (secondary N) is 1. The van der Waals surface area contributed by atoms with E-state index in [0.717, 1.165) is 16.8 Å². The number of carbonyl (C=O) groups excluding carboxylic acids is 2. The zero-order chi connectivity index (χ0) is 40.2. The van der Waals surface area contributed by atoms with Gasteiger partial charge in [0, 0.05) is 29.9 Å². The highest BCUT2D eigenvalue weighted by atomic mass is 19.4. The van der Waals surface area contributed by atoms with Gasteiger partial charge < -0.3 is 19.5 Å². The number of aryl methyl sites for hydroxylation is 1. The average Bonchev–Trinajstić information content (AvgIpc) is 3.04. The predicted octanol–water partition coefficient (Wildman–Crippen LogP) is 8.48. The summed E-state index contributed by atoms with van der Waals surface area (Å²) in [7, 11) is 1.66. The molecular formula is C37H42F9N3O4. The zero-order valence-corrected chi connectivity index (χ0v) is 30.3. The minimum atomic E-state index is -5.44. The lowest BCUT2D eigenvalue weighted by Gasteiger charge is -2.28. The van der Waals surface area contributed by atoms with Crippen molar-refractivity contribution in [1.29, 1.82) is 0 Å². The third-order valence-electron chi connectivity index (χ3n) is 8.86. The van der Waals surface area contributed by atoms with Crippen molar-refractivity contribution >= 4 is 11.9 Å². The quantitative estimate of drug-likeness (QED) is 0.132. The number of amides is 1. The first kappa shape index (κ1) is 43.1. The first-order valence-electron chi connectivity index (χ1n) is 16.8. The molecule has 2 atom stereocenters. The highest BCUT2D eigenvalue weighted by molar-refractivity contribution is 5.82. The van der Waals surface area contributed by atoms with Gasteiger partial charge in [-0.15, -0.1) is 0 Å². The van der Waals surface area contributed by atoms with E-state index in [1.807, 2.05) is 0 Å². The van der Waals surface area contributed by atoms with E-state index in [0.29, 0.717) is 12.6 Å². The molecule has 2 aromatic carbocycles. The maximum absolute atomic E-state index is 16.6. The van der Waals surface area contributed by atoms with Crippen LogP contribution in [0.1, 0.15) is 86.0 Å². The number of likely N-dealkylation sites (N-methyl/N-ethyl adjacent to an activating group) is 1. The molecule has 0 aliphatic rings. The molecule has 16 heteroatoms. The molecule has 0 spiro atoms. The van der Waals surface area contributed by atoms with Crippen molar-refractivity contribution in [3.63, 3.8) is 0 Å². The minimum absolute atomic E-state index is 0.124. The van der Waals surface area contributed by atoms with Crippen LogP contribution in [0.2, 0.25) is 0 Å². The van der Waals surface area contributed by atoms with Crippen LogP contribution in [0.3, 0.4) is 0 Å². The van der Waals surface area contributed by atoms with Gasteiger partial charge in [-0.25, -0.2) is 13.2 Å². The highest BCUT2D eigenvalue weighted by Gasteiger charge is 2.41. The summed E-state index contributed by atoms with van der Waals surface area (Å²) < 4.78 is 138. The SMILES string of the molecule is CCOC(=O)C[C@H](NC(=O)C(CC(C)C)n1cc(CCN(C)CC)c(C(F)(F)F)cc1=O)c1c(F)c(-c2c(C)ccc(F)c2C)cc(C(F)(F)F)c1F. The van der Waals surface area contributed by atoms with Crippen LogP contribution in [0.5, 0.6) is 0 Å². The van der Waals surface area contributed by atoms with Crippen LogP contribution in [0.15, 0.2) is 35.3 Å². The molecule has 0 saturated heterocycles. The van der Waals surface area contributed by atoms with E-state index >= 15 is 8.78 Å². The van der Waals surface area contributed by atoms with Gasteiger partial charge in [0.25, 0.3) is 5.56 Å². The number of nitrogens with zero attached hydrogens (tertiary/aromatic N) is 2. The Morgan fingerprint density at radius 2 is 1.57 bits per heavy atom. The Hall–Kier alpha value is -4.34. The lowest BCUT2D eigenvalue weighted by Crippen LogP contribution is -2.41. The molecule has 0 aliphatic heterocycles. The number of aromatic nitrogens is 1.